The molecule has 0 radical (unpaired) electrons. The van der Waals surface area contributed by atoms with E-state index in [0.29, 0.717) is 12.5 Å². The Bertz CT molecular complexity index is 462. The Balaban J connectivity index is 1.94. The maximum absolute atomic E-state index is 12.3. The number of alkyl halides is 1. The Morgan fingerprint density at radius 2 is 2.20 bits per heavy atom. The van der Waals surface area contributed by atoms with Crippen molar-refractivity contribution < 1.29 is 9.53 Å². The zero-order chi connectivity index (χ0) is 14.5. The Labute approximate surface area is 129 Å². The molecule has 0 saturated carbocycles. The molecule has 1 aromatic rings. The Morgan fingerprint density at radius 1 is 1.45 bits per heavy atom. The van der Waals surface area contributed by atoms with Crippen LogP contribution in [-0.2, 0) is 11.2 Å². The monoisotopic (exact) mass is 339 g/mol. The van der Waals surface area contributed by atoms with Crippen molar-refractivity contribution in [1.29, 1.82) is 0 Å². The Hall–Kier alpha value is -1.03. The van der Waals surface area contributed by atoms with Gasteiger partial charge in [-0.05, 0) is 30.4 Å². The van der Waals surface area contributed by atoms with Crippen LogP contribution in [0.3, 0.4) is 0 Å². The lowest BCUT2D eigenvalue weighted by atomic mass is 9.95. The van der Waals surface area contributed by atoms with Crippen molar-refractivity contribution in [1.82, 2.24) is 5.32 Å². The highest BCUT2D eigenvalue weighted by Gasteiger charge is 2.27. The average molecular weight is 340 g/mol. The zero-order valence-electron chi connectivity index (χ0n) is 12.1. The van der Waals surface area contributed by atoms with Crippen molar-refractivity contribution in [2.45, 2.75) is 32.7 Å². The van der Waals surface area contributed by atoms with Gasteiger partial charge >= 0.3 is 0 Å². The number of para-hydroxylation sites is 1. The summed E-state index contributed by atoms with van der Waals surface area (Å²) >= 11 is 3.48. The van der Waals surface area contributed by atoms with E-state index in [2.05, 4.69) is 35.1 Å². The number of halogens is 1. The second-order valence-electron chi connectivity index (χ2n) is 5.81. The normalized spacial score (nSPS) is 19.1. The SMILES string of the molecule is CC(C)CC(CBr)NC(=O)C1COc2ccccc2C1. The van der Waals surface area contributed by atoms with Crippen molar-refractivity contribution in [2.24, 2.45) is 11.8 Å². The summed E-state index contributed by atoms with van der Waals surface area (Å²) in [6.45, 7) is 4.81. The van der Waals surface area contributed by atoms with E-state index >= 15 is 0 Å². The second-order valence-corrected chi connectivity index (χ2v) is 6.46. The van der Waals surface area contributed by atoms with E-state index in [9.17, 15) is 4.79 Å². The summed E-state index contributed by atoms with van der Waals surface area (Å²) in [5.74, 6) is 1.50. The summed E-state index contributed by atoms with van der Waals surface area (Å²) < 4.78 is 5.68. The number of nitrogens with one attached hydrogen (secondary N) is 1. The predicted octanol–water partition coefficient (Wildman–Crippen LogP) is 3.16. The first-order chi connectivity index (χ1) is 9.60. The molecule has 3 nitrogen and oxygen atoms in total. The van der Waals surface area contributed by atoms with Gasteiger partial charge in [0.05, 0.1) is 5.92 Å². The van der Waals surface area contributed by atoms with Crippen LogP contribution in [0.2, 0.25) is 0 Å². The number of ether oxygens (including phenoxy) is 1. The average Bonchev–Trinajstić information content (AvgIpc) is 2.45. The highest BCUT2D eigenvalue weighted by atomic mass is 79.9. The molecular weight excluding hydrogens is 318 g/mol. The molecular formula is C16H22BrNO2. The summed E-state index contributed by atoms with van der Waals surface area (Å²) in [4.78, 5) is 12.3. The molecule has 4 heteroatoms. The third kappa shape index (κ3) is 3.98. The molecule has 2 unspecified atom stereocenters. The van der Waals surface area contributed by atoms with E-state index in [1.807, 2.05) is 24.3 Å². The minimum atomic E-state index is -0.0846. The van der Waals surface area contributed by atoms with E-state index < -0.39 is 0 Å². The fourth-order valence-electron chi connectivity index (χ4n) is 2.54. The first kappa shape index (κ1) is 15.4. The second kappa shape index (κ2) is 7.11. The summed E-state index contributed by atoms with van der Waals surface area (Å²) in [7, 11) is 0. The third-order valence-corrected chi connectivity index (χ3v) is 4.32. The van der Waals surface area contributed by atoms with Gasteiger partial charge in [0.1, 0.15) is 12.4 Å². The van der Waals surface area contributed by atoms with E-state index in [-0.39, 0.29) is 17.9 Å². The van der Waals surface area contributed by atoms with Crippen LogP contribution in [0.25, 0.3) is 0 Å². The molecule has 1 amide bonds. The van der Waals surface area contributed by atoms with Crippen LogP contribution in [0.1, 0.15) is 25.8 Å². The molecule has 0 saturated heterocycles. The van der Waals surface area contributed by atoms with Gasteiger partial charge in [-0.25, -0.2) is 0 Å². The number of fused-ring (bicyclic) bond motifs is 1. The van der Waals surface area contributed by atoms with Crippen LogP contribution in [0.5, 0.6) is 5.75 Å². The van der Waals surface area contributed by atoms with Crippen molar-refractivity contribution in [3.05, 3.63) is 29.8 Å². The molecule has 1 heterocycles. The molecule has 1 N–H and O–H groups in total. The van der Waals surface area contributed by atoms with Gasteiger partial charge in [-0.1, -0.05) is 48.0 Å². The fourth-order valence-corrected chi connectivity index (χ4v) is 2.97. The third-order valence-electron chi connectivity index (χ3n) is 3.54. The molecule has 1 aromatic carbocycles. The van der Waals surface area contributed by atoms with Gasteiger partial charge in [0.2, 0.25) is 5.91 Å². The minimum Gasteiger partial charge on any atom is -0.492 e. The minimum absolute atomic E-state index is 0.0846. The van der Waals surface area contributed by atoms with Crippen molar-refractivity contribution in [3.63, 3.8) is 0 Å². The molecule has 0 spiro atoms. The molecule has 20 heavy (non-hydrogen) atoms. The van der Waals surface area contributed by atoms with Gasteiger partial charge in [0.15, 0.2) is 0 Å². The van der Waals surface area contributed by atoms with E-state index in [4.69, 9.17) is 4.74 Å². The summed E-state index contributed by atoms with van der Waals surface area (Å²) in [5.41, 5.74) is 1.12. The van der Waals surface area contributed by atoms with Gasteiger partial charge in [-0.15, -0.1) is 0 Å². The largest absolute Gasteiger partial charge is 0.492 e. The molecule has 0 aromatic heterocycles. The van der Waals surface area contributed by atoms with Crippen LogP contribution in [0, 0.1) is 11.8 Å². The standard InChI is InChI=1S/C16H22BrNO2/c1-11(2)7-14(9-17)18-16(19)13-8-12-5-3-4-6-15(12)20-10-13/h3-6,11,13-14H,7-10H2,1-2H3,(H,18,19). The first-order valence-electron chi connectivity index (χ1n) is 7.17. The first-order valence-corrected chi connectivity index (χ1v) is 8.29. The number of carbonyl (C=O) groups excluding carboxylic acids is 1. The predicted molar refractivity (Wildman–Crippen MR) is 84.3 cm³/mol. The summed E-state index contributed by atoms with van der Waals surface area (Å²) in [6, 6.07) is 8.14. The van der Waals surface area contributed by atoms with Crippen molar-refractivity contribution in [3.8, 4) is 5.75 Å². The lowest BCUT2D eigenvalue weighted by molar-refractivity contribution is -0.126. The molecule has 2 atom stereocenters. The number of carbonyl (C=O) groups is 1. The highest BCUT2D eigenvalue weighted by molar-refractivity contribution is 9.09. The molecule has 0 bridgehead atoms. The van der Waals surface area contributed by atoms with Gasteiger partial charge in [-0.2, -0.15) is 0 Å². The van der Waals surface area contributed by atoms with E-state index in [1.54, 1.807) is 0 Å². The number of benzene rings is 1. The number of rotatable bonds is 5. The number of hydrogen-bond donors (Lipinski definition) is 1. The zero-order valence-corrected chi connectivity index (χ0v) is 13.7. The number of hydrogen-bond acceptors (Lipinski definition) is 2. The topological polar surface area (TPSA) is 38.3 Å². The maximum atomic E-state index is 12.3. The van der Waals surface area contributed by atoms with Gasteiger partial charge in [0.25, 0.3) is 0 Å². The van der Waals surface area contributed by atoms with Gasteiger partial charge < -0.3 is 10.1 Å². The van der Waals surface area contributed by atoms with Crippen LogP contribution in [0.15, 0.2) is 24.3 Å². The van der Waals surface area contributed by atoms with Crippen LogP contribution >= 0.6 is 15.9 Å². The maximum Gasteiger partial charge on any atom is 0.227 e. The summed E-state index contributed by atoms with van der Waals surface area (Å²) in [6.07, 6.45) is 1.75. The fraction of sp³-hybridized carbons (Fsp3) is 0.562. The molecule has 2 rings (SSSR count). The lowest BCUT2D eigenvalue weighted by Crippen LogP contribution is -2.43. The van der Waals surface area contributed by atoms with Crippen LogP contribution in [0.4, 0.5) is 0 Å². The quantitative estimate of drug-likeness (QED) is 0.836. The van der Waals surface area contributed by atoms with Gasteiger partial charge in [-0.3, -0.25) is 4.79 Å². The molecule has 110 valence electrons. The smallest absolute Gasteiger partial charge is 0.227 e. The molecule has 1 aliphatic rings. The highest BCUT2D eigenvalue weighted by Crippen LogP contribution is 2.27. The van der Waals surface area contributed by atoms with Crippen molar-refractivity contribution in [2.75, 3.05) is 11.9 Å². The molecule has 0 aliphatic carbocycles. The summed E-state index contributed by atoms with van der Waals surface area (Å²) in [5, 5.41) is 3.93. The Morgan fingerprint density at radius 3 is 2.90 bits per heavy atom. The molecule has 0 fully saturated rings. The van der Waals surface area contributed by atoms with Gasteiger partial charge in [0, 0.05) is 11.4 Å². The lowest BCUT2D eigenvalue weighted by Gasteiger charge is -2.27. The van der Waals surface area contributed by atoms with Crippen molar-refractivity contribution >= 4 is 21.8 Å². The van der Waals surface area contributed by atoms with Crippen LogP contribution < -0.4 is 10.1 Å². The number of amides is 1. The van der Waals surface area contributed by atoms with E-state index in [1.165, 1.54) is 0 Å². The molecule has 1 aliphatic heterocycles. The van der Waals surface area contributed by atoms with E-state index in [0.717, 1.165) is 29.5 Å². The Kier molecular flexibility index (Phi) is 5.46. The van der Waals surface area contributed by atoms with Crippen LogP contribution in [-0.4, -0.2) is 23.9 Å².